The first-order valence-corrected chi connectivity index (χ1v) is 11.7. The lowest BCUT2D eigenvalue weighted by atomic mass is 10.0. The van der Waals surface area contributed by atoms with Gasteiger partial charge in [-0.05, 0) is 37.5 Å². The summed E-state index contributed by atoms with van der Waals surface area (Å²) in [6.07, 6.45) is 3.52. The summed E-state index contributed by atoms with van der Waals surface area (Å²) in [6, 6.07) is 3.73. The van der Waals surface area contributed by atoms with E-state index in [0.29, 0.717) is 85.6 Å². The van der Waals surface area contributed by atoms with Gasteiger partial charge >= 0.3 is 6.08 Å². The Bertz CT molecular complexity index is 1430. The average molecular weight is 496 g/mol. The number of hydrogen-bond donors (Lipinski definition) is 2. The molecule has 188 valence electrons. The van der Waals surface area contributed by atoms with Gasteiger partial charge in [0.2, 0.25) is 11.8 Å². The molecule has 0 fully saturated rings. The van der Waals surface area contributed by atoms with Crippen molar-refractivity contribution in [2.75, 3.05) is 18.9 Å². The van der Waals surface area contributed by atoms with Crippen LogP contribution in [0, 0.1) is 13.0 Å². The number of ether oxygens (including phenoxy) is 2. The molecule has 1 aromatic carbocycles. The third-order valence-corrected chi connectivity index (χ3v) is 5.95. The minimum Gasteiger partial charge on any atom is -0.486 e. The van der Waals surface area contributed by atoms with E-state index in [2.05, 4.69) is 19.9 Å². The molecular weight excluding hydrogens is 469 g/mol. The number of oxazole rings is 1. The van der Waals surface area contributed by atoms with Crippen LogP contribution in [0.25, 0.3) is 22.6 Å². The van der Waals surface area contributed by atoms with E-state index in [9.17, 15) is 9.18 Å². The molecule has 0 aliphatic carbocycles. The van der Waals surface area contributed by atoms with E-state index in [1.807, 2.05) is 23.6 Å². The van der Waals surface area contributed by atoms with Gasteiger partial charge in [0.1, 0.15) is 24.8 Å². The highest BCUT2D eigenvalue weighted by Gasteiger charge is 2.23. The molecule has 4 N–H and O–H groups in total. The highest BCUT2D eigenvalue weighted by atomic mass is 19.1. The number of imidazole rings is 1. The fourth-order valence-electron chi connectivity index (χ4n) is 4.28. The van der Waals surface area contributed by atoms with Crippen LogP contribution in [0.5, 0.6) is 11.5 Å². The molecule has 0 atom stereocenters. The van der Waals surface area contributed by atoms with Gasteiger partial charge in [0.15, 0.2) is 28.5 Å². The standard InChI is InChI=1S/C24H26FN7O4/c1-13-12-28-23(36-13)15-11-17-16(34-7-8-35-17)9-14(15)10-19-29-20-21(27)30-24(25)31-22(20)32(19)6-4-2-3-5-18(26)33/h9,11-12H,2-8,10H2,1H3,(H2,26,33)(H2,27,30,31). The van der Waals surface area contributed by atoms with Gasteiger partial charge < -0.3 is 29.9 Å². The molecule has 4 heterocycles. The lowest BCUT2D eigenvalue weighted by molar-refractivity contribution is -0.118. The largest absolute Gasteiger partial charge is 0.486 e. The number of aromatic nitrogens is 5. The topological polar surface area (TPSA) is 157 Å². The van der Waals surface area contributed by atoms with Crippen LogP contribution in [0.3, 0.4) is 0 Å². The second-order valence-corrected chi connectivity index (χ2v) is 8.61. The van der Waals surface area contributed by atoms with Crippen LogP contribution in [0.1, 0.15) is 42.8 Å². The number of unbranched alkanes of at least 4 members (excludes halogenated alkanes) is 2. The molecule has 12 heteroatoms. The number of nitrogens with two attached hydrogens (primary N) is 2. The number of rotatable bonds is 9. The summed E-state index contributed by atoms with van der Waals surface area (Å²) in [4.78, 5) is 27.7. The molecule has 11 nitrogen and oxygen atoms in total. The molecule has 1 aliphatic heterocycles. The molecule has 0 saturated carbocycles. The molecule has 36 heavy (non-hydrogen) atoms. The lowest BCUT2D eigenvalue weighted by Gasteiger charge is -2.20. The third-order valence-electron chi connectivity index (χ3n) is 5.95. The number of aryl methyl sites for hydroxylation is 2. The normalized spacial score (nSPS) is 12.8. The average Bonchev–Trinajstić information content (AvgIpc) is 3.42. The van der Waals surface area contributed by atoms with E-state index < -0.39 is 6.08 Å². The summed E-state index contributed by atoms with van der Waals surface area (Å²) in [5, 5.41) is 0. The molecule has 0 spiro atoms. The Hall–Kier alpha value is -4.22. The fourth-order valence-corrected chi connectivity index (χ4v) is 4.28. The van der Waals surface area contributed by atoms with Crippen LogP contribution < -0.4 is 20.9 Å². The van der Waals surface area contributed by atoms with Gasteiger partial charge in [-0.25, -0.2) is 9.97 Å². The zero-order valence-electron chi connectivity index (χ0n) is 19.8. The van der Waals surface area contributed by atoms with E-state index in [4.69, 9.17) is 25.4 Å². The maximum atomic E-state index is 14.1. The van der Waals surface area contributed by atoms with Crippen molar-refractivity contribution in [3.63, 3.8) is 0 Å². The van der Waals surface area contributed by atoms with Gasteiger partial charge in [-0.15, -0.1) is 0 Å². The van der Waals surface area contributed by atoms with E-state index in [1.54, 1.807) is 6.20 Å². The van der Waals surface area contributed by atoms with Crippen molar-refractivity contribution >= 4 is 22.9 Å². The van der Waals surface area contributed by atoms with Crippen LogP contribution in [0.2, 0.25) is 0 Å². The summed E-state index contributed by atoms with van der Waals surface area (Å²) in [5.74, 6) is 2.59. The quantitative estimate of drug-likeness (QED) is 0.263. The summed E-state index contributed by atoms with van der Waals surface area (Å²) >= 11 is 0. The Morgan fingerprint density at radius 1 is 1.11 bits per heavy atom. The van der Waals surface area contributed by atoms with Crippen molar-refractivity contribution in [2.24, 2.45) is 5.73 Å². The molecule has 0 radical (unpaired) electrons. The molecular formula is C24H26FN7O4. The van der Waals surface area contributed by atoms with E-state index >= 15 is 0 Å². The zero-order chi connectivity index (χ0) is 25.2. The number of carbonyl (C=O) groups is 1. The Kier molecular flexibility index (Phi) is 6.40. The zero-order valence-corrected chi connectivity index (χ0v) is 19.8. The number of amides is 1. The van der Waals surface area contributed by atoms with Crippen LogP contribution in [-0.4, -0.2) is 43.6 Å². The van der Waals surface area contributed by atoms with Gasteiger partial charge in [0, 0.05) is 24.9 Å². The number of halogens is 1. The van der Waals surface area contributed by atoms with Gasteiger partial charge in [-0.3, -0.25) is 4.79 Å². The van der Waals surface area contributed by atoms with Crippen LogP contribution in [-0.2, 0) is 17.8 Å². The number of anilines is 1. The second-order valence-electron chi connectivity index (χ2n) is 8.61. The molecule has 1 aliphatic rings. The van der Waals surface area contributed by atoms with Gasteiger partial charge in [0.05, 0.1) is 6.20 Å². The first kappa shape index (κ1) is 23.5. The number of benzene rings is 1. The fraction of sp³-hybridized carbons (Fsp3) is 0.375. The molecule has 1 amide bonds. The van der Waals surface area contributed by atoms with E-state index in [0.717, 1.165) is 17.5 Å². The molecule has 0 saturated heterocycles. The Balaban J connectivity index is 1.54. The highest BCUT2D eigenvalue weighted by molar-refractivity contribution is 5.82. The van der Waals surface area contributed by atoms with Gasteiger partial charge in [0.25, 0.3) is 0 Å². The molecule has 3 aromatic heterocycles. The van der Waals surface area contributed by atoms with Crippen molar-refractivity contribution in [3.05, 3.63) is 41.6 Å². The van der Waals surface area contributed by atoms with Crippen LogP contribution >= 0.6 is 0 Å². The monoisotopic (exact) mass is 495 g/mol. The first-order valence-electron chi connectivity index (χ1n) is 11.7. The van der Waals surface area contributed by atoms with Crippen molar-refractivity contribution < 1.29 is 23.1 Å². The van der Waals surface area contributed by atoms with E-state index in [-0.39, 0.29) is 11.7 Å². The smallest absolute Gasteiger partial charge is 0.312 e. The van der Waals surface area contributed by atoms with E-state index in [1.165, 1.54) is 0 Å². The summed E-state index contributed by atoms with van der Waals surface area (Å²) < 4.78 is 33.3. The molecule has 5 rings (SSSR count). The Morgan fingerprint density at radius 3 is 2.61 bits per heavy atom. The number of primary amides is 1. The minimum absolute atomic E-state index is 0.0306. The molecule has 0 unspecified atom stereocenters. The SMILES string of the molecule is Cc1cnc(-c2cc3c(cc2Cc2nc4c(N)nc(F)nc4n2CCCCCC(N)=O)OCCO3)o1. The summed E-state index contributed by atoms with van der Waals surface area (Å²) in [7, 11) is 0. The lowest BCUT2D eigenvalue weighted by Crippen LogP contribution is -2.16. The van der Waals surface area contributed by atoms with Gasteiger partial charge in [-0.1, -0.05) is 6.42 Å². The maximum absolute atomic E-state index is 14.1. The predicted molar refractivity (Wildman–Crippen MR) is 128 cm³/mol. The summed E-state index contributed by atoms with van der Waals surface area (Å²) in [5.41, 5.74) is 13.4. The summed E-state index contributed by atoms with van der Waals surface area (Å²) in [6.45, 7) is 3.21. The van der Waals surface area contributed by atoms with Crippen molar-refractivity contribution in [1.29, 1.82) is 0 Å². The second kappa shape index (κ2) is 9.80. The predicted octanol–water partition coefficient (Wildman–Crippen LogP) is 2.92. The number of fused-ring (bicyclic) bond motifs is 2. The first-order chi connectivity index (χ1) is 17.4. The highest BCUT2D eigenvalue weighted by Crippen LogP contribution is 2.38. The van der Waals surface area contributed by atoms with Gasteiger partial charge in [-0.2, -0.15) is 14.4 Å². The molecule has 0 bridgehead atoms. The number of nitrogens with zero attached hydrogens (tertiary/aromatic N) is 5. The van der Waals surface area contributed by atoms with Crippen LogP contribution in [0.4, 0.5) is 10.2 Å². The Morgan fingerprint density at radius 2 is 1.89 bits per heavy atom. The number of hydrogen-bond acceptors (Lipinski definition) is 9. The van der Waals surface area contributed by atoms with Crippen molar-refractivity contribution in [3.8, 4) is 23.0 Å². The maximum Gasteiger partial charge on any atom is 0.312 e. The number of nitrogen functional groups attached to an aromatic ring is 1. The third kappa shape index (κ3) is 4.79. The van der Waals surface area contributed by atoms with Crippen LogP contribution in [0.15, 0.2) is 22.7 Å². The number of carbonyl (C=O) groups excluding carboxylic acids is 1. The Labute approximate surface area is 205 Å². The minimum atomic E-state index is -0.920. The molecule has 4 aromatic rings. The van der Waals surface area contributed by atoms with Crippen molar-refractivity contribution in [2.45, 2.75) is 45.6 Å². The van der Waals surface area contributed by atoms with Crippen molar-refractivity contribution in [1.82, 2.24) is 24.5 Å².